The van der Waals surface area contributed by atoms with Gasteiger partial charge in [0.05, 0.1) is 0 Å². The molecule has 1 fully saturated rings. The molecule has 0 saturated heterocycles. The first-order valence-electron chi connectivity index (χ1n) is 6.77. The highest BCUT2D eigenvalue weighted by molar-refractivity contribution is 6.30. The standard InChI is InChI=1S/C15H18ClNO4/c1-15(2,21-12-7-3-10(16)4-8-12)14(20)17(9-13(18)19)11-5-6-11/h3-4,7-8,11H,5-6,9H2,1-2H3,(H,18,19). The maximum absolute atomic E-state index is 12.6. The van der Waals surface area contributed by atoms with Crippen molar-refractivity contribution in [3.63, 3.8) is 0 Å². The number of benzene rings is 1. The van der Waals surface area contributed by atoms with Crippen molar-refractivity contribution in [2.24, 2.45) is 0 Å². The van der Waals surface area contributed by atoms with Gasteiger partial charge in [-0.15, -0.1) is 0 Å². The van der Waals surface area contributed by atoms with Crippen LogP contribution in [0.4, 0.5) is 0 Å². The van der Waals surface area contributed by atoms with Crippen molar-refractivity contribution in [2.75, 3.05) is 6.54 Å². The Morgan fingerprint density at radius 3 is 2.38 bits per heavy atom. The second-order valence-electron chi connectivity index (χ2n) is 5.62. The third-order valence-electron chi connectivity index (χ3n) is 3.26. The van der Waals surface area contributed by atoms with Gasteiger partial charge in [0.1, 0.15) is 12.3 Å². The van der Waals surface area contributed by atoms with Crippen LogP contribution in [-0.4, -0.2) is 40.1 Å². The normalized spacial score (nSPS) is 14.6. The van der Waals surface area contributed by atoms with Crippen molar-refractivity contribution >= 4 is 23.5 Å². The maximum Gasteiger partial charge on any atom is 0.323 e. The number of nitrogens with zero attached hydrogens (tertiary/aromatic N) is 1. The molecule has 21 heavy (non-hydrogen) atoms. The molecule has 1 aliphatic rings. The monoisotopic (exact) mass is 311 g/mol. The summed E-state index contributed by atoms with van der Waals surface area (Å²) in [7, 11) is 0. The van der Waals surface area contributed by atoms with E-state index < -0.39 is 11.6 Å². The number of carbonyl (C=O) groups is 2. The molecule has 5 nitrogen and oxygen atoms in total. The average Bonchev–Trinajstić information content (AvgIpc) is 3.22. The van der Waals surface area contributed by atoms with Gasteiger partial charge < -0.3 is 14.7 Å². The summed E-state index contributed by atoms with van der Waals surface area (Å²) in [6.07, 6.45) is 1.69. The fraction of sp³-hybridized carbons (Fsp3) is 0.467. The predicted octanol–water partition coefficient (Wildman–Crippen LogP) is 2.57. The number of hydrogen-bond donors (Lipinski definition) is 1. The van der Waals surface area contributed by atoms with Crippen LogP contribution in [0.3, 0.4) is 0 Å². The van der Waals surface area contributed by atoms with Crippen LogP contribution in [0.2, 0.25) is 5.02 Å². The summed E-state index contributed by atoms with van der Waals surface area (Å²) in [6.45, 7) is 2.99. The van der Waals surface area contributed by atoms with E-state index in [9.17, 15) is 9.59 Å². The summed E-state index contributed by atoms with van der Waals surface area (Å²) in [5.41, 5.74) is -1.13. The van der Waals surface area contributed by atoms with Crippen LogP contribution in [0.25, 0.3) is 0 Å². The maximum atomic E-state index is 12.6. The third-order valence-corrected chi connectivity index (χ3v) is 3.51. The highest BCUT2D eigenvalue weighted by Crippen LogP contribution is 2.30. The van der Waals surface area contributed by atoms with Crippen LogP contribution >= 0.6 is 11.6 Å². The zero-order chi connectivity index (χ0) is 15.6. The zero-order valence-corrected chi connectivity index (χ0v) is 12.8. The number of rotatable bonds is 6. The van der Waals surface area contributed by atoms with Gasteiger partial charge in [-0.1, -0.05) is 11.6 Å². The van der Waals surface area contributed by atoms with Gasteiger partial charge in [0.2, 0.25) is 0 Å². The molecule has 2 rings (SSSR count). The Morgan fingerprint density at radius 1 is 1.33 bits per heavy atom. The third kappa shape index (κ3) is 4.11. The highest BCUT2D eigenvalue weighted by atomic mass is 35.5. The van der Waals surface area contributed by atoms with Crippen LogP contribution < -0.4 is 4.74 Å². The number of carbonyl (C=O) groups excluding carboxylic acids is 1. The topological polar surface area (TPSA) is 66.8 Å². The fourth-order valence-corrected chi connectivity index (χ4v) is 2.21. The summed E-state index contributed by atoms with van der Waals surface area (Å²) in [6, 6.07) is 6.72. The van der Waals surface area contributed by atoms with Crippen molar-refractivity contribution in [2.45, 2.75) is 38.3 Å². The van der Waals surface area contributed by atoms with Crippen molar-refractivity contribution in [1.29, 1.82) is 0 Å². The summed E-state index contributed by atoms with van der Waals surface area (Å²) < 4.78 is 5.72. The van der Waals surface area contributed by atoms with Crippen LogP contribution in [0.5, 0.6) is 5.75 Å². The second-order valence-corrected chi connectivity index (χ2v) is 6.06. The molecular weight excluding hydrogens is 294 g/mol. The average molecular weight is 312 g/mol. The molecule has 0 aromatic heterocycles. The molecule has 0 atom stereocenters. The van der Waals surface area contributed by atoms with Gasteiger partial charge in [-0.25, -0.2) is 0 Å². The zero-order valence-electron chi connectivity index (χ0n) is 12.0. The van der Waals surface area contributed by atoms with Crippen LogP contribution in [-0.2, 0) is 9.59 Å². The van der Waals surface area contributed by atoms with Crippen molar-refractivity contribution in [1.82, 2.24) is 4.90 Å². The van der Waals surface area contributed by atoms with Gasteiger partial charge in [0.25, 0.3) is 5.91 Å². The van der Waals surface area contributed by atoms with Gasteiger partial charge in [0, 0.05) is 11.1 Å². The molecule has 6 heteroatoms. The lowest BCUT2D eigenvalue weighted by molar-refractivity contribution is -0.152. The Labute approximate surface area is 128 Å². The quantitative estimate of drug-likeness (QED) is 0.877. The Morgan fingerprint density at radius 2 is 1.90 bits per heavy atom. The molecule has 1 amide bonds. The smallest absolute Gasteiger partial charge is 0.323 e. The number of carboxylic acid groups (broad SMARTS) is 1. The molecule has 114 valence electrons. The van der Waals surface area contributed by atoms with Gasteiger partial charge >= 0.3 is 5.97 Å². The second kappa shape index (κ2) is 5.93. The number of halogens is 1. The molecule has 1 aromatic rings. The first-order chi connectivity index (χ1) is 9.79. The Hall–Kier alpha value is -1.75. The molecule has 1 aromatic carbocycles. The minimum atomic E-state index is -1.13. The number of ether oxygens (including phenoxy) is 1. The molecule has 0 aliphatic heterocycles. The first kappa shape index (κ1) is 15.6. The largest absolute Gasteiger partial charge is 0.480 e. The number of amides is 1. The minimum Gasteiger partial charge on any atom is -0.480 e. The van der Waals surface area contributed by atoms with Crippen molar-refractivity contribution in [3.8, 4) is 5.75 Å². The van der Waals surface area contributed by atoms with E-state index in [-0.39, 0.29) is 18.5 Å². The van der Waals surface area contributed by atoms with Crippen molar-refractivity contribution < 1.29 is 19.4 Å². The first-order valence-corrected chi connectivity index (χ1v) is 7.15. The molecule has 0 radical (unpaired) electrons. The summed E-state index contributed by atoms with van der Waals surface area (Å²) in [5.74, 6) is -0.816. The van der Waals surface area contributed by atoms with E-state index in [1.807, 2.05) is 0 Å². The number of hydrogen-bond acceptors (Lipinski definition) is 3. The van der Waals surface area contributed by atoms with E-state index in [4.69, 9.17) is 21.4 Å². The molecule has 0 heterocycles. The molecule has 1 saturated carbocycles. The van der Waals surface area contributed by atoms with Gasteiger partial charge in [-0.3, -0.25) is 9.59 Å². The van der Waals surface area contributed by atoms with E-state index in [0.29, 0.717) is 10.8 Å². The van der Waals surface area contributed by atoms with E-state index >= 15 is 0 Å². The van der Waals surface area contributed by atoms with Crippen LogP contribution in [0.1, 0.15) is 26.7 Å². The predicted molar refractivity (Wildman–Crippen MR) is 78.5 cm³/mol. The van der Waals surface area contributed by atoms with Gasteiger partial charge in [-0.2, -0.15) is 0 Å². The molecule has 1 N–H and O–H groups in total. The summed E-state index contributed by atoms with van der Waals surface area (Å²) >= 11 is 5.81. The molecule has 0 unspecified atom stereocenters. The molecule has 0 spiro atoms. The van der Waals surface area contributed by atoms with E-state index in [1.165, 1.54) is 4.90 Å². The molecule has 0 bridgehead atoms. The van der Waals surface area contributed by atoms with Gasteiger partial charge in [0.15, 0.2) is 5.60 Å². The number of carboxylic acids is 1. The molecule has 1 aliphatic carbocycles. The minimum absolute atomic E-state index is 0.0155. The Bertz CT molecular complexity index is 537. The van der Waals surface area contributed by atoms with Crippen LogP contribution in [0, 0.1) is 0 Å². The highest BCUT2D eigenvalue weighted by Gasteiger charge is 2.41. The Balaban J connectivity index is 2.10. The summed E-state index contributed by atoms with van der Waals surface area (Å²) in [4.78, 5) is 24.9. The lowest BCUT2D eigenvalue weighted by Crippen LogP contribution is -2.51. The van der Waals surface area contributed by atoms with Crippen molar-refractivity contribution in [3.05, 3.63) is 29.3 Å². The fourth-order valence-electron chi connectivity index (χ4n) is 2.09. The van der Waals surface area contributed by atoms with Gasteiger partial charge in [-0.05, 0) is 51.0 Å². The van der Waals surface area contributed by atoms with Crippen LogP contribution in [0.15, 0.2) is 24.3 Å². The summed E-state index contributed by atoms with van der Waals surface area (Å²) in [5, 5.41) is 9.53. The Kier molecular flexibility index (Phi) is 4.42. The lowest BCUT2D eigenvalue weighted by atomic mass is 10.1. The van der Waals surface area contributed by atoms with E-state index in [2.05, 4.69) is 0 Å². The molecular formula is C15H18ClNO4. The number of aliphatic carboxylic acids is 1. The van der Waals surface area contributed by atoms with E-state index in [0.717, 1.165) is 12.8 Å². The lowest BCUT2D eigenvalue weighted by Gasteiger charge is -2.31. The SMILES string of the molecule is CC(C)(Oc1ccc(Cl)cc1)C(=O)N(CC(=O)O)C1CC1. The van der Waals surface area contributed by atoms with E-state index in [1.54, 1.807) is 38.1 Å².